The fourth-order valence-electron chi connectivity index (χ4n) is 4.14. The first-order valence-corrected chi connectivity index (χ1v) is 17.7. The summed E-state index contributed by atoms with van der Waals surface area (Å²) in [5, 5.41) is 2.93. The summed E-state index contributed by atoms with van der Waals surface area (Å²) in [5.41, 5.74) is 0.209. The lowest BCUT2D eigenvalue weighted by atomic mass is 9.96. The standard InChI is InChI=1S/C26H46N2O6Si2/c1-25(2,3)35-34-26(4,5)22-12-11-13-28(22)23(29)18-16-20(31-6)21(32-7)17-19(18)27-24(30)33-14-15-36(8,9)10/h16-17,22H,11-15,35H2,1-10H3,(H,27,30). The minimum absolute atomic E-state index is 0.0653. The van der Waals surface area contributed by atoms with Gasteiger partial charge in [0.15, 0.2) is 21.3 Å². The average Bonchev–Trinajstić information content (AvgIpc) is 3.26. The van der Waals surface area contributed by atoms with E-state index in [-0.39, 0.29) is 17.0 Å². The molecule has 1 saturated heterocycles. The molecule has 1 aromatic rings. The Morgan fingerprint density at radius 3 is 2.25 bits per heavy atom. The summed E-state index contributed by atoms with van der Waals surface area (Å²) in [6.45, 7) is 18.4. The summed E-state index contributed by atoms with van der Waals surface area (Å²) < 4.78 is 22.8. The smallest absolute Gasteiger partial charge is 0.411 e. The fourth-order valence-corrected chi connectivity index (χ4v) is 5.85. The van der Waals surface area contributed by atoms with Gasteiger partial charge in [0.05, 0.1) is 43.7 Å². The number of amides is 2. The van der Waals surface area contributed by atoms with Crippen molar-refractivity contribution in [3.63, 3.8) is 0 Å². The van der Waals surface area contributed by atoms with E-state index in [0.717, 1.165) is 18.9 Å². The quantitative estimate of drug-likeness (QED) is 0.407. The number of hydrogen-bond acceptors (Lipinski definition) is 6. The highest BCUT2D eigenvalue weighted by Gasteiger charge is 2.42. The Bertz CT molecular complexity index is 924. The van der Waals surface area contributed by atoms with Gasteiger partial charge < -0.3 is 23.5 Å². The second kappa shape index (κ2) is 12.0. The van der Waals surface area contributed by atoms with Crippen molar-refractivity contribution in [2.75, 3.05) is 32.7 Å². The molecule has 204 valence electrons. The van der Waals surface area contributed by atoms with Gasteiger partial charge in [-0.15, -0.1) is 0 Å². The van der Waals surface area contributed by atoms with E-state index in [4.69, 9.17) is 18.6 Å². The summed E-state index contributed by atoms with van der Waals surface area (Å²) in [4.78, 5) is 28.4. The lowest BCUT2D eigenvalue weighted by Gasteiger charge is -2.40. The highest BCUT2D eigenvalue weighted by atomic mass is 28.3. The molecule has 1 atom stereocenters. The largest absolute Gasteiger partial charge is 0.493 e. The lowest BCUT2D eigenvalue weighted by Crippen LogP contribution is -2.51. The second-order valence-electron chi connectivity index (χ2n) is 12.4. The van der Waals surface area contributed by atoms with E-state index in [0.29, 0.717) is 35.9 Å². The van der Waals surface area contributed by atoms with Crippen molar-refractivity contribution < 1.29 is 28.2 Å². The summed E-state index contributed by atoms with van der Waals surface area (Å²) in [6, 6.07) is 4.04. The molecule has 0 spiro atoms. The zero-order valence-electron chi connectivity index (χ0n) is 23.9. The average molecular weight is 539 g/mol. The monoisotopic (exact) mass is 538 g/mol. The van der Waals surface area contributed by atoms with Crippen LogP contribution in [-0.2, 0) is 9.16 Å². The molecular weight excluding hydrogens is 492 g/mol. The van der Waals surface area contributed by atoms with Crippen LogP contribution >= 0.6 is 0 Å². The Morgan fingerprint density at radius 1 is 1.08 bits per heavy atom. The maximum Gasteiger partial charge on any atom is 0.411 e. The van der Waals surface area contributed by atoms with Crippen molar-refractivity contribution in [3.8, 4) is 11.5 Å². The normalized spacial score (nSPS) is 16.9. The van der Waals surface area contributed by atoms with Gasteiger partial charge in [0.1, 0.15) is 0 Å². The summed E-state index contributed by atoms with van der Waals surface area (Å²) in [6.07, 6.45) is 1.17. The van der Waals surface area contributed by atoms with E-state index in [1.54, 1.807) is 12.1 Å². The third-order valence-electron chi connectivity index (χ3n) is 6.27. The van der Waals surface area contributed by atoms with Crippen LogP contribution in [0.1, 0.15) is 57.8 Å². The van der Waals surface area contributed by atoms with Crippen LogP contribution in [-0.4, -0.2) is 73.8 Å². The zero-order valence-corrected chi connectivity index (χ0v) is 26.3. The van der Waals surface area contributed by atoms with Crippen LogP contribution in [0.5, 0.6) is 11.5 Å². The Labute approximate surface area is 220 Å². The SMILES string of the molecule is COc1cc(NC(=O)OCC[Si](C)(C)C)c(C(=O)N2CCCC2C(C)(C)O[SiH2]C(C)(C)C)cc1OC. The van der Waals surface area contributed by atoms with Crippen molar-refractivity contribution >= 4 is 35.5 Å². The number of likely N-dealkylation sites (tertiary alicyclic amines) is 1. The zero-order chi connectivity index (χ0) is 27.3. The topological polar surface area (TPSA) is 86.3 Å². The molecule has 1 aliphatic rings. The minimum Gasteiger partial charge on any atom is -0.493 e. The molecule has 2 amide bonds. The molecule has 0 radical (unpaired) electrons. The van der Waals surface area contributed by atoms with E-state index in [9.17, 15) is 9.59 Å². The third-order valence-corrected chi connectivity index (χ3v) is 9.73. The predicted octanol–water partition coefficient (Wildman–Crippen LogP) is 5.29. The first-order valence-electron chi connectivity index (χ1n) is 12.7. The molecule has 1 heterocycles. The Morgan fingerprint density at radius 2 is 1.69 bits per heavy atom. The minimum atomic E-state index is -1.35. The number of anilines is 1. The molecular formula is C26H46N2O6Si2. The molecule has 0 aromatic heterocycles. The third kappa shape index (κ3) is 8.52. The summed E-state index contributed by atoms with van der Waals surface area (Å²) in [5.74, 6) is 0.666. The van der Waals surface area contributed by atoms with Gasteiger partial charge in [-0.25, -0.2) is 4.79 Å². The molecule has 8 nitrogen and oxygen atoms in total. The van der Waals surface area contributed by atoms with Crippen LogP contribution in [0.3, 0.4) is 0 Å². The van der Waals surface area contributed by atoms with Crippen molar-refractivity contribution in [2.24, 2.45) is 0 Å². The van der Waals surface area contributed by atoms with Gasteiger partial charge in [-0.2, -0.15) is 0 Å². The van der Waals surface area contributed by atoms with Crippen LogP contribution in [0.25, 0.3) is 0 Å². The molecule has 1 unspecified atom stereocenters. The lowest BCUT2D eigenvalue weighted by molar-refractivity contribution is 0.0179. The Kier molecular flexibility index (Phi) is 10.1. The molecule has 0 saturated carbocycles. The van der Waals surface area contributed by atoms with Crippen molar-refractivity contribution in [3.05, 3.63) is 17.7 Å². The van der Waals surface area contributed by atoms with Gasteiger partial charge in [-0.3, -0.25) is 10.1 Å². The second-order valence-corrected chi connectivity index (χ2v) is 20.8. The number of nitrogens with zero attached hydrogens (tertiary/aromatic N) is 1. The van der Waals surface area contributed by atoms with Gasteiger partial charge in [0, 0.05) is 20.7 Å². The van der Waals surface area contributed by atoms with E-state index in [1.165, 1.54) is 14.2 Å². The fraction of sp³-hybridized carbons (Fsp3) is 0.692. The number of carbonyl (C=O) groups excluding carboxylic acids is 2. The van der Waals surface area contributed by atoms with E-state index < -0.39 is 29.5 Å². The van der Waals surface area contributed by atoms with Gasteiger partial charge >= 0.3 is 6.09 Å². The number of hydrogen-bond donors (Lipinski definition) is 1. The molecule has 1 fully saturated rings. The van der Waals surface area contributed by atoms with Crippen LogP contribution in [0.15, 0.2) is 12.1 Å². The number of carbonyl (C=O) groups is 2. The van der Waals surface area contributed by atoms with Crippen LogP contribution < -0.4 is 14.8 Å². The Balaban J connectivity index is 2.33. The molecule has 1 aromatic carbocycles. The molecule has 10 heteroatoms. The number of benzene rings is 1. The van der Waals surface area contributed by atoms with Crippen LogP contribution in [0, 0.1) is 0 Å². The number of methoxy groups -OCH3 is 2. The van der Waals surface area contributed by atoms with Gasteiger partial charge in [0.25, 0.3) is 5.91 Å². The molecule has 36 heavy (non-hydrogen) atoms. The van der Waals surface area contributed by atoms with Crippen molar-refractivity contribution in [1.29, 1.82) is 0 Å². The number of nitrogens with one attached hydrogen (secondary N) is 1. The molecule has 0 aliphatic carbocycles. The molecule has 0 bridgehead atoms. The highest BCUT2D eigenvalue weighted by Crippen LogP contribution is 2.37. The van der Waals surface area contributed by atoms with E-state index in [2.05, 4.69) is 59.6 Å². The van der Waals surface area contributed by atoms with Gasteiger partial charge in [-0.1, -0.05) is 40.4 Å². The first-order chi connectivity index (χ1) is 16.6. The number of ether oxygens (including phenoxy) is 3. The molecule has 1 N–H and O–H groups in total. The maximum absolute atomic E-state index is 13.9. The van der Waals surface area contributed by atoms with Gasteiger partial charge in [-0.05, 0) is 43.8 Å². The van der Waals surface area contributed by atoms with Crippen LogP contribution in [0.4, 0.5) is 10.5 Å². The summed E-state index contributed by atoms with van der Waals surface area (Å²) in [7, 11) is 0.894. The molecule has 2 rings (SSSR count). The number of rotatable bonds is 10. The Hall–Kier alpha value is -2.05. The van der Waals surface area contributed by atoms with Gasteiger partial charge in [0.2, 0.25) is 0 Å². The van der Waals surface area contributed by atoms with Crippen molar-refractivity contribution in [2.45, 2.75) is 89.8 Å². The highest BCUT2D eigenvalue weighted by molar-refractivity contribution is 6.76. The summed E-state index contributed by atoms with van der Waals surface area (Å²) >= 11 is 0. The van der Waals surface area contributed by atoms with Crippen molar-refractivity contribution in [1.82, 2.24) is 4.90 Å². The van der Waals surface area contributed by atoms with Crippen LogP contribution in [0.2, 0.25) is 30.7 Å². The molecule has 1 aliphatic heterocycles. The van der Waals surface area contributed by atoms with E-state index in [1.807, 2.05) is 4.90 Å². The first kappa shape index (κ1) is 30.2. The van der Waals surface area contributed by atoms with E-state index >= 15 is 0 Å². The predicted molar refractivity (Wildman–Crippen MR) is 150 cm³/mol. The maximum atomic E-state index is 13.9.